The fourth-order valence-corrected chi connectivity index (χ4v) is 6.33. The Labute approximate surface area is 280 Å². The zero-order valence-electron chi connectivity index (χ0n) is 26.0. The summed E-state index contributed by atoms with van der Waals surface area (Å²) in [5.74, 6) is 1.28. The molecule has 14 heteroatoms. The highest BCUT2D eigenvalue weighted by atomic mass is 35.5. The molecular weight excluding hydrogens is 638 g/mol. The maximum Gasteiger partial charge on any atom is 0.267 e. The van der Waals surface area contributed by atoms with Crippen molar-refractivity contribution in [3.05, 3.63) is 95.4 Å². The highest BCUT2D eigenvalue weighted by Crippen LogP contribution is 2.34. The lowest BCUT2D eigenvalue weighted by Gasteiger charge is -2.40. The molecule has 6 rings (SSSR count). The predicted octanol–water partition coefficient (Wildman–Crippen LogP) is 5.98. The lowest BCUT2D eigenvalue weighted by molar-refractivity contribution is -0.126. The Balaban J connectivity index is 1.27. The summed E-state index contributed by atoms with van der Waals surface area (Å²) in [6.07, 6.45) is 8.20. The first-order valence-corrected chi connectivity index (χ1v) is 16.0. The number of halogens is 1. The molecule has 47 heavy (non-hydrogen) atoms. The van der Waals surface area contributed by atoms with Crippen molar-refractivity contribution in [1.82, 2.24) is 29.6 Å². The number of anilines is 4. The number of hydrogen-bond acceptors (Lipinski definition) is 10. The molecule has 5 heterocycles. The number of methoxy groups -OCH3 is 1. The molecule has 5 aromatic rings. The number of carbonyl (C=O) groups excluding carboxylic acids is 2. The van der Waals surface area contributed by atoms with Gasteiger partial charge in [0.15, 0.2) is 22.5 Å². The molecule has 1 atom stereocenters. The summed E-state index contributed by atoms with van der Waals surface area (Å²) >= 11 is 7.47. The standard InChI is InChI=1S/C33H32ClN9O3S/c1-5-28(44)41-14-15-42(21(3)19-41)31-25(43-13-7-12-37-43)16-22(17-35-31)24-10-11-26(46-4)30(38-24)40-33-36-18-27(47-33)32(45)39-29-20(2)8-6-9-23(29)34/h5-13,16-18,21H,1,14-15,19H2,2-4H3,(H,39,45)(H,36,38,40)/t21-/m1/s1. The molecule has 0 bridgehead atoms. The molecule has 0 unspecified atom stereocenters. The van der Waals surface area contributed by atoms with E-state index in [1.807, 2.05) is 49.5 Å². The topological polar surface area (TPSA) is 130 Å². The summed E-state index contributed by atoms with van der Waals surface area (Å²) in [7, 11) is 1.56. The van der Waals surface area contributed by atoms with Crippen molar-refractivity contribution < 1.29 is 14.3 Å². The van der Waals surface area contributed by atoms with Gasteiger partial charge in [-0.05, 0) is 55.8 Å². The predicted molar refractivity (Wildman–Crippen MR) is 184 cm³/mol. The number of amides is 2. The van der Waals surface area contributed by atoms with Gasteiger partial charge in [-0.25, -0.2) is 19.6 Å². The zero-order chi connectivity index (χ0) is 33.1. The van der Waals surface area contributed by atoms with Crippen LogP contribution in [0.1, 0.15) is 22.2 Å². The van der Waals surface area contributed by atoms with Gasteiger partial charge in [0, 0.05) is 49.8 Å². The number of aryl methyl sites for hydroxylation is 1. The normalized spacial score (nSPS) is 14.5. The largest absolute Gasteiger partial charge is 0.493 e. The van der Waals surface area contributed by atoms with E-state index in [1.165, 1.54) is 23.6 Å². The number of rotatable bonds is 9. The number of aromatic nitrogens is 5. The highest BCUT2D eigenvalue weighted by molar-refractivity contribution is 7.17. The first-order chi connectivity index (χ1) is 22.7. The second-order valence-corrected chi connectivity index (χ2v) is 12.3. The van der Waals surface area contributed by atoms with Gasteiger partial charge in [0.25, 0.3) is 5.91 Å². The smallest absolute Gasteiger partial charge is 0.267 e. The third-order valence-corrected chi connectivity index (χ3v) is 9.00. The molecule has 1 fully saturated rings. The van der Waals surface area contributed by atoms with Crippen LogP contribution in [0.2, 0.25) is 5.02 Å². The number of ether oxygens (including phenoxy) is 1. The van der Waals surface area contributed by atoms with Gasteiger partial charge >= 0.3 is 0 Å². The monoisotopic (exact) mass is 669 g/mol. The molecule has 0 radical (unpaired) electrons. The minimum Gasteiger partial charge on any atom is -0.493 e. The van der Waals surface area contributed by atoms with Crippen LogP contribution in [0.15, 0.2) is 79.9 Å². The van der Waals surface area contributed by atoms with Crippen molar-refractivity contribution in [2.75, 3.05) is 42.3 Å². The molecule has 240 valence electrons. The van der Waals surface area contributed by atoms with E-state index < -0.39 is 0 Å². The summed E-state index contributed by atoms with van der Waals surface area (Å²) in [6.45, 7) is 9.30. The molecule has 1 saturated heterocycles. The fraction of sp³-hybridized carbons (Fsp3) is 0.212. The maximum absolute atomic E-state index is 13.0. The third-order valence-electron chi connectivity index (χ3n) is 7.77. The molecule has 0 aliphatic carbocycles. The second-order valence-electron chi connectivity index (χ2n) is 10.8. The number of carbonyl (C=O) groups is 2. The van der Waals surface area contributed by atoms with Crippen LogP contribution < -0.4 is 20.3 Å². The maximum atomic E-state index is 13.0. The number of nitrogens with one attached hydrogen (secondary N) is 2. The van der Waals surface area contributed by atoms with Crippen LogP contribution in [-0.2, 0) is 4.79 Å². The van der Waals surface area contributed by atoms with Crippen LogP contribution >= 0.6 is 22.9 Å². The Morgan fingerprint density at radius 1 is 1.15 bits per heavy atom. The molecule has 1 aliphatic heterocycles. The molecule has 2 amide bonds. The molecule has 4 aromatic heterocycles. The Morgan fingerprint density at radius 2 is 2.00 bits per heavy atom. The number of nitrogens with zero attached hydrogens (tertiary/aromatic N) is 7. The molecular formula is C33H32ClN9O3S. The van der Waals surface area contributed by atoms with E-state index in [1.54, 1.807) is 35.2 Å². The summed E-state index contributed by atoms with van der Waals surface area (Å²) in [5.41, 5.74) is 3.59. The van der Waals surface area contributed by atoms with Gasteiger partial charge in [-0.2, -0.15) is 5.10 Å². The zero-order valence-corrected chi connectivity index (χ0v) is 27.5. The Morgan fingerprint density at radius 3 is 2.72 bits per heavy atom. The van der Waals surface area contributed by atoms with Gasteiger partial charge in [0.1, 0.15) is 10.6 Å². The van der Waals surface area contributed by atoms with E-state index in [0.717, 1.165) is 22.6 Å². The van der Waals surface area contributed by atoms with Crippen LogP contribution in [0.5, 0.6) is 5.75 Å². The summed E-state index contributed by atoms with van der Waals surface area (Å²) in [6, 6.07) is 13.0. The first-order valence-electron chi connectivity index (χ1n) is 14.8. The number of pyridine rings is 2. The van der Waals surface area contributed by atoms with Crippen LogP contribution in [-0.4, -0.2) is 74.2 Å². The van der Waals surface area contributed by atoms with E-state index in [0.29, 0.717) is 57.6 Å². The highest BCUT2D eigenvalue weighted by Gasteiger charge is 2.29. The molecule has 0 saturated carbocycles. The summed E-state index contributed by atoms with van der Waals surface area (Å²) in [4.78, 5) is 43.7. The Hall–Kier alpha value is -5.27. The van der Waals surface area contributed by atoms with Gasteiger partial charge in [-0.15, -0.1) is 0 Å². The molecule has 12 nitrogen and oxygen atoms in total. The minimum atomic E-state index is -0.319. The van der Waals surface area contributed by atoms with Gasteiger partial charge in [-0.1, -0.05) is 41.6 Å². The van der Waals surface area contributed by atoms with Crippen molar-refractivity contribution >= 4 is 57.2 Å². The van der Waals surface area contributed by atoms with Crippen LogP contribution in [0.3, 0.4) is 0 Å². The average Bonchev–Trinajstić information content (AvgIpc) is 3.79. The lowest BCUT2D eigenvalue weighted by atomic mass is 10.1. The van der Waals surface area contributed by atoms with Crippen LogP contribution in [0.25, 0.3) is 16.9 Å². The van der Waals surface area contributed by atoms with Crippen molar-refractivity contribution in [3.63, 3.8) is 0 Å². The minimum absolute atomic E-state index is 0.0224. The second kappa shape index (κ2) is 13.6. The summed E-state index contributed by atoms with van der Waals surface area (Å²) in [5, 5.41) is 11.5. The van der Waals surface area contributed by atoms with E-state index in [-0.39, 0.29) is 17.9 Å². The molecule has 2 N–H and O–H groups in total. The van der Waals surface area contributed by atoms with Crippen LogP contribution in [0.4, 0.5) is 22.5 Å². The lowest BCUT2D eigenvalue weighted by Crippen LogP contribution is -2.54. The number of piperazine rings is 1. The molecule has 1 aliphatic rings. The SMILES string of the molecule is C=CC(=O)N1CCN(c2ncc(-c3ccc(OC)c(Nc4ncc(C(=O)Nc5c(C)cccc5Cl)s4)n3)cc2-n2cccn2)[C@H](C)C1. The van der Waals surface area contributed by atoms with Gasteiger partial charge in [-0.3, -0.25) is 9.59 Å². The number of thiazole rings is 1. The summed E-state index contributed by atoms with van der Waals surface area (Å²) < 4.78 is 7.35. The molecule has 0 spiro atoms. The van der Waals surface area contributed by atoms with Crippen LogP contribution in [0, 0.1) is 6.92 Å². The van der Waals surface area contributed by atoms with E-state index in [2.05, 4.69) is 39.1 Å². The number of hydrogen-bond donors (Lipinski definition) is 2. The average molecular weight is 670 g/mol. The van der Waals surface area contributed by atoms with E-state index in [4.69, 9.17) is 26.3 Å². The van der Waals surface area contributed by atoms with Crippen molar-refractivity contribution in [2.24, 2.45) is 0 Å². The Kier molecular flexibility index (Phi) is 9.18. The van der Waals surface area contributed by atoms with Crippen molar-refractivity contribution in [3.8, 4) is 22.7 Å². The third kappa shape index (κ3) is 6.67. The molecule has 1 aromatic carbocycles. The van der Waals surface area contributed by atoms with Gasteiger partial charge in [0.2, 0.25) is 5.91 Å². The number of benzene rings is 1. The Bertz CT molecular complexity index is 1930. The van der Waals surface area contributed by atoms with E-state index >= 15 is 0 Å². The quantitative estimate of drug-likeness (QED) is 0.182. The fourth-order valence-electron chi connectivity index (χ4n) is 5.35. The van der Waals surface area contributed by atoms with E-state index in [9.17, 15) is 9.59 Å². The first kappa shape index (κ1) is 31.7. The van der Waals surface area contributed by atoms with Gasteiger partial charge in [0.05, 0.1) is 29.7 Å². The van der Waals surface area contributed by atoms with Gasteiger partial charge < -0.3 is 25.2 Å². The van der Waals surface area contributed by atoms with Crippen molar-refractivity contribution in [2.45, 2.75) is 19.9 Å². The van der Waals surface area contributed by atoms with Crippen molar-refractivity contribution in [1.29, 1.82) is 0 Å². The number of para-hydroxylation sites is 1.